The lowest BCUT2D eigenvalue weighted by Crippen LogP contribution is -2.40. The molecule has 9 heteroatoms. The van der Waals surface area contributed by atoms with Crippen molar-refractivity contribution >= 4 is 44.2 Å². The van der Waals surface area contributed by atoms with Gasteiger partial charge in [-0.1, -0.05) is 41.7 Å². The number of amides is 1. The van der Waals surface area contributed by atoms with Crippen molar-refractivity contribution < 1.29 is 14.3 Å². The zero-order valence-corrected chi connectivity index (χ0v) is 20.5. The van der Waals surface area contributed by atoms with Gasteiger partial charge in [-0.2, -0.15) is 5.10 Å². The predicted molar refractivity (Wildman–Crippen MR) is 137 cm³/mol. The molecule has 1 saturated heterocycles. The standard InChI is InChI=1S/C26H27N5O3S/c1-17-24(18(2)31(29-17)20-10-4-3-5-11-20)28-23(32)16-34-25(33)19-9-8-14-30(15-19)26-27-21-12-6-7-13-22(21)35-26/h3-7,10-13,19H,8-9,14-16H2,1-2H3,(H,28,32)/t19-/m0/s1. The Morgan fingerprint density at radius 2 is 1.89 bits per heavy atom. The number of para-hydroxylation sites is 2. The molecule has 0 spiro atoms. The molecular formula is C26H27N5O3S. The highest BCUT2D eigenvalue weighted by atomic mass is 32.1. The van der Waals surface area contributed by atoms with Crippen LogP contribution in [0.2, 0.25) is 0 Å². The van der Waals surface area contributed by atoms with Crippen molar-refractivity contribution in [2.24, 2.45) is 5.92 Å². The summed E-state index contributed by atoms with van der Waals surface area (Å²) in [6.45, 7) is 4.81. The molecule has 3 heterocycles. The van der Waals surface area contributed by atoms with E-state index in [1.54, 1.807) is 16.0 Å². The molecule has 180 valence electrons. The molecular weight excluding hydrogens is 462 g/mol. The van der Waals surface area contributed by atoms with Gasteiger partial charge in [0.1, 0.15) is 0 Å². The number of fused-ring (bicyclic) bond motifs is 1. The average Bonchev–Trinajstić information content (AvgIpc) is 3.44. The number of ether oxygens (including phenoxy) is 1. The van der Waals surface area contributed by atoms with Gasteiger partial charge in [0.15, 0.2) is 11.7 Å². The van der Waals surface area contributed by atoms with Gasteiger partial charge in [0.05, 0.1) is 38.9 Å². The third-order valence-electron chi connectivity index (χ3n) is 6.21. The number of hydrogen-bond donors (Lipinski definition) is 1. The summed E-state index contributed by atoms with van der Waals surface area (Å²) in [6.07, 6.45) is 1.61. The number of rotatable bonds is 6. The van der Waals surface area contributed by atoms with E-state index in [4.69, 9.17) is 9.72 Å². The van der Waals surface area contributed by atoms with Crippen LogP contribution in [0.4, 0.5) is 10.8 Å². The number of carbonyl (C=O) groups is 2. The first-order chi connectivity index (χ1) is 17.0. The number of aryl methyl sites for hydroxylation is 1. The van der Waals surface area contributed by atoms with Crippen LogP contribution in [0.15, 0.2) is 54.6 Å². The molecule has 1 aliphatic rings. The number of anilines is 2. The second-order valence-corrected chi connectivity index (χ2v) is 9.71. The van der Waals surface area contributed by atoms with Crippen LogP contribution in [0.1, 0.15) is 24.2 Å². The van der Waals surface area contributed by atoms with Gasteiger partial charge in [-0.15, -0.1) is 0 Å². The summed E-state index contributed by atoms with van der Waals surface area (Å²) in [5.74, 6) is -1.01. The predicted octanol–water partition coefficient (Wildman–Crippen LogP) is 4.50. The van der Waals surface area contributed by atoms with Gasteiger partial charge in [0, 0.05) is 13.1 Å². The van der Waals surface area contributed by atoms with Gasteiger partial charge in [0.25, 0.3) is 5.91 Å². The molecule has 1 atom stereocenters. The number of hydrogen-bond acceptors (Lipinski definition) is 7. The highest BCUT2D eigenvalue weighted by molar-refractivity contribution is 7.22. The topological polar surface area (TPSA) is 89.3 Å². The van der Waals surface area contributed by atoms with E-state index in [2.05, 4.69) is 21.4 Å². The van der Waals surface area contributed by atoms with Crippen molar-refractivity contribution in [3.63, 3.8) is 0 Å². The molecule has 0 saturated carbocycles. The minimum absolute atomic E-state index is 0.284. The molecule has 1 N–H and O–H groups in total. The Morgan fingerprint density at radius 1 is 1.11 bits per heavy atom. The van der Waals surface area contributed by atoms with Crippen LogP contribution in [-0.4, -0.2) is 46.3 Å². The number of piperidine rings is 1. The fourth-order valence-corrected chi connectivity index (χ4v) is 5.41. The first-order valence-corrected chi connectivity index (χ1v) is 12.5. The summed E-state index contributed by atoms with van der Waals surface area (Å²) in [5, 5.41) is 8.32. The van der Waals surface area contributed by atoms with Crippen molar-refractivity contribution in [1.29, 1.82) is 0 Å². The molecule has 5 rings (SSSR count). The van der Waals surface area contributed by atoms with Crippen molar-refractivity contribution in [2.75, 3.05) is 29.9 Å². The molecule has 0 radical (unpaired) electrons. The van der Waals surface area contributed by atoms with Crippen molar-refractivity contribution in [3.05, 3.63) is 66.0 Å². The second kappa shape index (κ2) is 9.87. The smallest absolute Gasteiger partial charge is 0.311 e. The summed E-state index contributed by atoms with van der Waals surface area (Å²) in [6, 6.07) is 17.7. The summed E-state index contributed by atoms with van der Waals surface area (Å²) in [7, 11) is 0. The summed E-state index contributed by atoms with van der Waals surface area (Å²) >= 11 is 1.63. The third-order valence-corrected chi connectivity index (χ3v) is 7.31. The molecule has 0 bridgehead atoms. The number of aromatic nitrogens is 3. The van der Waals surface area contributed by atoms with Crippen LogP contribution >= 0.6 is 11.3 Å². The number of esters is 1. The van der Waals surface area contributed by atoms with Crippen molar-refractivity contribution in [1.82, 2.24) is 14.8 Å². The number of benzene rings is 2. The molecule has 0 unspecified atom stereocenters. The minimum atomic E-state index is -0.379. The Hall–Kier alpha value is -3.72. The van der Waals surface area contributed by atoms with Gasteiger partial charge in [-0.3, -0.25) is 9.59 Å². The SMILES string of the molecule is Cc1nn(-c2ccccc2)c(C)c1NC(=O)COC(=O)[C@H]1CCCN(c2nc3ccccc3s2)C1. The maximum absolute atomic E-state index is 12.8. The fourth-order valence-electron chi connectivity index (χ4n) is 4.41. The average molecular weight is 490 g/mol. The molecule has 35 heavy (non-hydrogen) atoms. The van der Waals surface area contributed by atoms with E-state index in [1.165, 1.54) is 0 Å². The molecule has 1 amide bonds. The Balaban J connectivity index is 1.18. The summed E-state index contributed by atoms with van der Waals surface area (Å²) in [4.78, 5) is 32.2. The Labute approximate surface area is 207 Å². The van der Waals surface area contributed by atoms with Crippen LogP contribution in [0, 0.1) is 19.8 Å². The lowest BCUT2D eigenvalue weighted by molar-refractivity contribution is -0.151. The summed E-state index contributed by atoms with van der Waals surface area (Å²) in [5.41, 5.74) is 4.02. The zero-order valence-electron chi connectivity index (χ0n) is 19.7. The molecule has 1 aliphatic heterocycles. The lowest BCUT2D eigenvalue weighted by atomic mass is 9.99. The number of carbonyl (C=O) groups excluding carboxylic acids is 2. The van der Waals surface area contributed by atoms with Crippen LogP contribution in [0.3, 0.4) is 0 Å². The Bertz CT molecular complexity index is 1330. The highest BCUT2D eigenvalue weighted by Crippen LogP contribution is 2.31. The normalized spacial score (nSPS) is 15.8. The molecule has 0 aliphatic carbocycles. The van der Waals surface area contributed by atoms with E-state index >= 15 is 0 Å². The minimum Gasteiger partial charge on any atom is -0.455 e. The van der Waals surface area contributed by atoms with Gasteiger partial charge >= 0.3 is 5.97 Å². The maximum atomic E-state index is 12.8. The quantitative estimate of drug-likeness (QED) is 0.401. The first-order valence-electron chi connectivity index (χ1n) is 11.7. The van der Waals surface area contributed by atoms with Crippen LogP contribution in [0.5, 0.6) is 0 Å². The largest absolute Gasteiger partial charge is 0.455 e. The van der Waals surface area contributed by atoms with Gasteiger partial charge in [-0.05, 0) is 51.0 Å². The molecule has 4 aromatic rings. The van der Waals surface area contributed by atoms with Crippen molar-refractivity contribution in [3.8, 4) is 5.69 Å². The zero-order chi connectivity index (χ0) is 24.4. The lowest BCUT2D eigenvalue weighted by Gasteiger charge is -2.31. The number of thiazole rings is 1. The van der Waals surface area contributed by atoms with E-state index in [9.17, 15) is 9.59 Å². The van der Waals surface area contributed by atoms with E-state index < -0.39 is 0 Å². The Morgan fingerprint density at radius 3 is 2.69 bits per heavy atom. The van der Waals surface area contributed by atoms with E-state index in [-0.39, 0.29) is 24.4 Å². The van der Waals surface area contributed by atoms with E-state index in [0.717, 1.165) is 46.1 Å². The molecule has 2 aromatic heterocycles. The fraction of sp³-hybridized carbons (Fsp3) is 0.308. The van der Waals surface area contributed by atoms with Crippen molar-refractivity contribution in [2.45, 2.75) is 26.7 Å². The van der Waals surface area contributed by atoms with E-state index in [0.29, 0.717) is 17.9 Å². The van der Waals surface area contributed by atoms with Crippen LogP contribution in [-0.2, 0) is 14.3 Å². The monoisotopic (exact) mass is 489 g/mol. The third kappa shape index (κ3) is 4.90. The Kier molecular flexibility index (Phi) is 6.50. The second-order valence-electron chi connectivity index (χ2n) is 8.70. The molecule has 8 nitrogen and oxygen atoms in total. The first kappa shape index (κ1) is 23.0. The number of nitrogens with zero attached hydrogens (tertiary/aromatic N) is 4. The van der Waals surface area contributed by atoms with E-state index in [1.807, 2.05) is 62.4 Å². The van der Waals surface area contributed by atoms with Crippen LogP contribution < -0.4 is 10.2 Å². The van der Waals surface area contributed by atoms with Gasteiger partial charge < -0.3 is 15.0 Å². The highest BCUT2D eigenvalue weighted by Gasteiger charge is 2.29. The molecule has 2 aromatic carbocycles. The maximum Gasteiger partial charge on any atom is 0.311 e. The van der Waals surface area contributed by atoms with Gasteiger partial charge in [-0.25, -0.2) is 9.67 Å². The number of nitrogens with one attached hydrogen (secondary N) is 1. The summed E-state index contributed by atoms with van der Waals surface area (Å²) < 4.78 is 8.32. The molecule has 1 fully saturated rings. The van der Waals surface area contributed by atoms with Gasteiger partial charge in [0.2, 0.25) is 0 Å². The van der Waals surface area contributed by atoms with Crippen LogP contribution in [0.25, 0.3) is 15.9 Å².